The molecule has 1 heterocycles. The maximum absolute atomic E-state index is 5.42. The Labute approximate surface area is 47.3 Å². The van der Waals surface area contributed by atoms with Crippen LogP contribution in [0.15, 0.2) is 23.3 Å². The van der Waals surface area contributed by atoms with E-state index in [0.29, 0.717) is 11.8 Å². The Morgan fingerprint density at radius 1 is 1.71 bits per heavy atom. The first-order valence-corrected chi connectivity index (χ1v) is 3.83. The van der Waals surface area contributed by atoms with Crippen LogP contribution in [0.4, 0.5) is 0 Å². The fraction of sp³-hybridized carbons (Fsp3) is 0.200. The van der Waals surface area contributed by atoms with Gasteiger partial charge in [-0.25, -0.2) is 0 Å². The Morgan fingerprint density at radius 3 is 2.86 bits per heavy atom. The van der Waals surface area contributed by atoms with E-state index in [0.717, 1.165) is 5.70 Å². The van der Waals surface area contributed by atoms with E-state index in [1.54, 1.807) is 0 Å². The van der Waals surface area contributed by atoms with Gasteiger partial charge < -0.3 is 5.73 Å². The highest BCUT2D eigenvalue weighted by atomic mass is 32.2. The van der Waals surface area contributed by atoms with Gasteiger partial charge in [0.1, 0.15) is 0 Å². The maximum Gasteiger partial charge on any atom is 0.0284 e. The van der Waals surface area contributed by atoms with Crippen molar-refractivity contribution in [3.05, 3.63) is 23.3 Å². The SMILES string of the molecule is NC1=CC[SH3]C=C1. The number of allylic oxidation sites excluding steroid dienone is 1. The Bertz CT molecular complexity index is 115. The zero-order chi connectivity index (χ0) is 5.11. The van der Waals surface area contributed by atoms with E-state index < -0.39 is 0 Å². The van der Waals surface area contributed by atoms with Gasteiger partial charge in [0.15, 0.2) is 0 Å². The lowest BCUT2D eigenvalue weighted by Gasteiger charge is -2.00. The average molecular weight is 116 g/mol. The summed E-state index contributed by atoms with van der Waals surface area (Å²) in [5.74, 6) is 1.20. The molecule has 1 nitrogen and oxygen atoms in total. The van der Waals surface area contributed by atoms with Gasteiger partial charge in [0.05, 0.1) is 0 Å². The average Bonchev–Trinajstić information content (AvgIpc) is 1.69. The third-order valence-electron chi connectivity index (χ3n) is 0.914. The molecule has 0 saturated heterocycles. The zero-order valence-corrected chi connectivity index (χ0v) is 5.25. The second kappa shape index (κ2) is 2.07. The molecule has 0 aromatic rings. The van der Waals surface area contributed by atoms with Gasteiger partial charge in [-0.3, -0.25) is 11.8 Å². The van der Waals surface area contributed by atoms with Crippen LogP contribution in [0.5, 0.6) is 0 Å². The van der Waals surface area contributed by atoms with Crippen molar-refractivity contribution in [2.75, 3.05) is 5.75 Å². The van der Waals surface area contributed by atoms with Crippen molar-refractivity contribution < 1.29 is 0 Å². The summed E-state index contributed by atoms with van der Waals surface area (Å²) in [7, 11) is 0. The molecule has 0 amide bonds. The maximum atomic E-state index is 5.42. The van der Waals surface area contributed by atoms with Crippen molar-refractivity contribution in [2.24, 2.45) is 5.73 Å². The quantitative estimate of drug-likeness (QED) is 0.483. The lowest BCUT2D eigenvalue weighted by Crippen LogP contribution is -1.94. The lowest BCUT2D eigenvalue weighted by molar-refractivity contribution is 1.40. The number of hydrogen-bond acceptors (Lipinski definition) is 1. The summed E-state index contributed by atoms with van der Waals surface area (Å²) in [5.41, 5.74) is 6.35. The van der Waals surface area contributed by atoms with Gasteiger partial charge in [0.2, 0.25) is 0 Å². The molecule has 0 spiro atoms. The third kappa shape index (κ3) is 1.27. The molecule has 0 unspecified atom stereocenters. The molecule has 1 aliphatic rings. The summed E-state index contributed by atoms with van der Waals surface area (Å²) in [4.78, 5) is 0. The molecule has 2 N–H and O–H groups in total. The van der Waals surface area contributed by atoms with E-state index in [1.165, 1.54) is 5.75 Å². The van der Waals surface area contributed by atoms with E-state index in [2.05, 4.69) is 11.5 Å². The monoisotopic (exact) mass is 116 g/mol. The fourth-order valence-corrected chi connectivity index (χ4v) is 1.45. The molecule has 0 fully saturated rings. The molecule has 7 heavy (non-hydrogen) atoms. The van der Waals surface area contributed by atoms with Gasteiger partial charge in [0, 0.05) is 5.70 Å². The molecular formula is C5H10NS. The molecule has 0 aromatic heterocycles. The first-order valence-electron chi connectivity index (χ1n) is 2.35. The summed E-state index contributed by atoms with van der Waals surface area (Å²) in [5, 5.41) is 2.18. The highest BCUT2D eigenvalue weighted by molar-refractivity contribution is 8.02. The third-order valence-corrected chi connectivity index (χ3v) is 1.89. The van der Waals surface area contributed by atoms with Crippen molar-refractivity contribution in [3.8, 4) is 0 Å². The van der Waals surface area contributed by atoms with Gasteiger partial charge >= 0.3 is 0 Å². The van der Waals surface area contributed by atoms with Crippen LogP contribution >= 0.6 is 11.8 Å². The summed E-state index contributed by atoms with van der Waals surface area (Å²) in [6, 6.07) is 0. The van der Waals surface area contributed by atoms with E-state index in [4.69, 9.17) is 5.73 Å². The van der Waals surface area contributed by atoms with E-state index in [1.807, 2.05) is 6.08 Å². The van der Waals surface area contributed by atoms with Crippen LogP contribution in [-0.4, -0.2) is 5.75 Å². The molecule has 0 aromatic carbocycles. The molecule has 0 bridgehead atoms. The predicted octanol–water partition coefficient (Wildman–Crippen LogP) is 0.286. The Balaban J connectivity index is 2.58. The molecule has 0 aliphatic carbocycles. The van der Waals surface area contributed by atoms with Gasteiger partial charge in [-0.2, -0.15) is 0 Å². The van der Waals surface area contributed by atoms with Crippen molar-refractivity contribution in [2.45, 2.75) is 0 Å². The van der Waals surface area contributed by atoms with Gasteiger partial charge in [-0.05, 0) is 11.8 Å². The van der Waals surface area contributed by atoms with E-state index in [-0.39, 0.29) is 0 Å². The lowest BCUT2D eigenvalue weighted by atomic mass is 10.4. The molecule has 41 valence electrons. The van der Waals surface area contributed by atoms with Crippen molar-refractivity contribution in [1.82, 2.24) is 0 Å². The number of hydrogen-bond donors (Lipinski definition) is 1. The minimum atomic E-state index is 0.545. The summed E-state index contributed by atoms with van der Waals surface area (Å²) < 4.78 is 0. The van der Waals surface area contributed by atoms with Gasteiger partial charge in [-0.15, -0.1) is 0 Å². The summed E-state index contributed by atoms with van der Waals surface area (Å²) in [6.45, 7) is 0. The number of rotatable bonds is 0. The minimum Gasteiger partial charge on any atom is -0.399 e. The Kier molecular flexibility index (Phi) is 1.42. The predicted molar refractivity (Wildman–Crippen MR) is 38.1 cm³/mol. The van der Waals surface area contributed by atoms with Crippen LogP contribution in [0.2, 0.25) is 0 Å². The zero-order valence-electron chi connectivity index (χ0n) is 4.09. The first kappa shape index (κ1) is 4.78. The van der Waals surface area contributed by atoms with Crippen LogP contribution < -0.4 is 5.73 Å². The summed E-state index contributed by atoms with van der Waals surface area (Å²) >= 11 is 0.545. The molecule has 1 rings (SSSR count). The highest BCUT2D eigenvalue weighted by Gasteiger charge is 1.84. The first-order chi connectivity index (χ1) is 3.39. The minimum absolute atomic E-state index is 0.545. The smallest absolute Gasteiger partial charge is 0.0284 e. The molecule has 0 saturated carbocycles. The molecule has 1 aliphatic heterocycles. The normalized spacial score (nSPS) is 20.3. The van der Waals surface area contributed by atoms with Crippen LogP contribution in [-0.2, 0) is 0 Å². The molecule has 1 radical (unpaired) electrons. The van der Waals surface area contributed by atoms with E-state index in [9.17, 15) is 0 Å². The van der Waals surface area contributed by atoms with Crippen LogP contribution in [0, 0.1) is 0 Å². The van der Waals surface area contributed by atoms with E-state index >= 15 is 0 Å². The highest BCUT2D eigenvalue weighted by Crippen LogP contribution is 2.09. The van der Waals surface area contributed by atoms with Gasteiger partial charge in [0.25, 0.3) is 0 Å². The second-order valence-corrected chi connectivity index (χ2v) is 2.86. The van der Waals surface area contributed by atoms with Crippen LogP contribution in [0.25, 0.3) is 0 Å². The van der Waals surface area contributed by atoms with Gasteiger partial charge in [-0.1, -0.05) is 11.5 Å². The topological polar surface area (TPSA) is 26.0 Å². The van der Waals surface area contributed by atoms with Crippen LogP contribution in [0.1, 0.15) is 0 Å². The Morgan fingerprint density at radius 2 is 2.57 bits per heavy atom. The molecule has 0 atom stereocenters. The largest absolute Gasteiger partial charge is 0.399 e. The van der Waals surface area contributed by atoms with Crippen molar-refractivity contribution in [3.63, 3.8) is 0 Å². The Hall–Kier alpha value is -0.370. The van der Waals surface area contributed by atoms with Crippen molar-refractivity contribution in [1.29, 1.82) is 0 Å². The van der Waals surface area contributed by atoms with Crippen molar-refractivity contribution >= 4 is 11.8 Å². The standard InChI is InChI=1S/C5H10NS/c6-5-1-3-7-4-2-5/h1-3H,4,6H2,7H3. The number of nitrogens with two attached hydrogens (primary N) is 1. The molecule has 2 heteroatoms. The molecular weight excluding hydrogens is 106 g/mol. The second-order valence-electron chi connectivity index (χ2n) is 1.53. The fourth-order valence-electron chi connectivity index (χ4n) is 0.530. The van der Waals surface area contributed by atoms with Crippen LogP contribution in [0.3, 0.4) is 0 Å². The summed E-state index contributed by atoms with van der Waals surface area (Å²) in [6.07, 6.45) is 4.06.